The predicted molar refractivity (Wildman–Crippen MR) is 51.0 cm³/mol. The Hall–Kier alpha value is -1.69. The molecule has 6 heteroatoms. The molecule has 1 aromatic heterocycles. The van der Waals surface area contributed by atoms with Crippen molar-refractivity contribution in [1.29, 1.82) is 0 Å². The first kappa shape index (κ1) is 10.8. The number of carbonyl (C=O) groups is 1. The van der Waals surface area contributed by atoms with Crippen molar-refractivity contribution in [2.24, 2.45) is 0 Å². The molecule has 0 atom stereocenters. The highest BCUT2D eigenvalue weighted by Gasteiger charge is 2.22. The molecule has 86 valence electrons. The quantitative estimate of drug-likeness (QED) is 0.634. The van der Waals surface area contributed by atoms with Gasteiger partial charge in [0, 0.05) is 30.0 Å². The van der Waals surface area contributed by atoms with Crippen molar-refractivity contribution < 1.29 is 23.5 Å². The zero-order valence-corrected chi connectivity index (χ0v) is 8.63. The molecule has 0 saturated carbocycles. The first-order chi connectivity index (χ1) is 7.75. The van der Waals surface area contributed by atoms with Crippen LogP contribution in [0.3, 0.4) is 0 Å². The third-order valence-corrected chi connectivity index (χ3v) is 2.21. The monoisotopic (exact) mass is 227 g/mol. The summed E-state index contributed by atoms with van der Waals surface area (Å²) in [5, 5.41) is 0. The topological polar surface area (TPSA) is 42.7 Å². The number of hydrogen-bond donors (Lipinski definition) is 0. The molecule has 5 nitrogen and oxygen atoms in total. The molecule has 0 spiro atoms. The molecule has 1 aliphatic rings. The van der Waals surface area contributed by atoms with E-state index in [2.05, 4.69) is 0 Å². The van der Waals surface area contributed by atoms with E-state index in [0.717, 1.165) is 0 Å². The summed E-state index contributed by atoms with van der Waals surface area (Å²) in [4.78, 5) is 18.1. The van der Waals surface area contributed by atoms with E-state index in [4.69, 9.17) is 9.57 Å². The molecule has 0 bridgehead atoms. The Morgan fingerprint density at radius 2 is 2.00 bits per heavy atom. The number of hydrogen-bond acceptors (Lipinski definition) is 3. The zero-order valence-electron chi connectivity index (χ0n) is 8.63. The van der Waals surface area contributed by atoms with Crippen molar-refractivity contribution in [3.05, 3.63) is 30.3 Å². The lowest BCUT2D eigenvalue weighted by Crippen LogP contribution is -2.53. The van der Waals surface area contributed by atoms with Crippen molar-refractivity contribution in [3.8, 4) is 0 Å². The lowest BCUT2D eigenvalue weighted by atomic mass is 10.5. The van der Waals surface area contributed by atoms with Crippen LogP contribution >= 0.6 is 0 Å². The second kappa shape index (κ2) is 4.89. The van der Waals surface area contributed by atoms with Gasteiger partial charge in [-0.05, 0) is 0 Å². The number of halogens is 1. The van der Waals surface area contributed by atoms with Gasteiger partial charge < -0.3 is 4.74 Å². The molecule has 0 aliphatic carbocycles. The number of pyridine rings is 1. The molecule has 2 heterocycles. The Morgan fingerprint density at radius 1 is 1.38 bits per heavy atom. The number of ether oxygens (including phenoxy) is 1. The summed E-state index contributed by atoms with van der Waals surface area (Å²) in [5.74, 6) is -0.376. The molecule has 2 rings (SSSR count). The minimum Gasteiger partial charge on any atom is -0.378 e. The van der Waals surface area contributed by atoms with Gasteiger partial charge >= 0.3 is 6.09 Å². The normalized spacial score (nSPS) is 15.9. The Morgan fingerprint density at radius 3 is 2.62 bits per heavy atom. The number of nitrogens with zero attached hydrogens (tertiary/aromatic N) is 2. The average molecular weight is 227 g/mol. The van der Waals surface area contributed by atoms with Crippen LogP contribution in [-0.4, -0.2) is 37.3 Å². The molecule has 0 aromatic carbocycles. The van der Waals surface area contributed by atoms with Gasteiger partial charge in [-0.3, -0.25) is 4.90 Å². The van der Waals surface area contributed by atoms with Crippen LogP contribution in [0.4, 0.5) is 9.18 Å². The molecule has 1 fully saturated rings. The number of aromatic nitrogens is 1. The Bertz CT molecular complexity index is 363. The molecule has 0 N–H and O–H groups in total. The van der Waals surface area contributed by atoms with E-state index in [1.807, 2.05) is 0 Å². The van der Waals surface area contributed by atoms with Gasteiger partial charge in [-0.15, -0.1) is 0 Å². The van der Waals surface area contributed by atoms with Crippen LogP contribution in [-0.2, 0) is 4.74 Å². The summed E-state index contributed by atoms with van der Waals surface area (Å²) in [6.07, 6.45) is 2.22. The number of amides is 1. The molecule has 1 saturated heterocycles. The maximum absolute atomic E-state index is 12.6. The SMILES string of the molecule is O=C(O[n+]1ccc(F)cc1)N1CCOCC1. The molecule has 1 amide bonds. The van der Waals surface area contributed by atoms with Crippen LogP contribution in [0.1, 0.15) is 0 Å². The third kappa shape index (κ3) is 2.66. The largest absolute Gasteiger partial charge is 0.478 e. The molecule has 1 aliphatic heterocycles. The van der Waals surface area contributed by atoms with Gasteiger partial charge in [0.2, 0.25) is 12.4 Å². The summed E-state index contributed by atoms with van der Waals surface area (Å²) in [7, 11) is 0. The second-order valence-corrected chi connectivity index (χ2v) is 3.33. The van der Waals surface area contributed by atoms with Crippen LogP contribution in [0.15, 0.2) is 24.5 Å². The fourth-order valence-corrected chi connectivity index (χ4v) is 1.35. The van der Waals surface area contributed by atoms with Crippen molar-refractivity contribution in [2.75, 3.05) is 26.3 Å². The number of morpholine rings is 1. The molecular weight excluding hydrogens is 215 g/mol. The lowest BCUT2D eigenvalue weighted by Gasteiger charge is -2.23. The third-order valence-electron chi connectivity index (χ3n) is 2.21. The maximum atomic E-state index is 12.6. The van der Waals surface area contributed by atoms with Crippen molar-refractivity contribution in [3.63, 3.8) is 0 Å². The van der Waals surface area contributed by atoms with Gasteiger partial charge in [0.15, 0.2) is 0 Å². The van der Waals surface area contributed by atoms with Gasteiger partial charge in [-0.2, -0.15) is 4.84 Å². The van der Waals surface area contributed by atoms with E-state index >= 15 is 0 Å². The maximum Gasteiger partial charge on any atom is 0.478 e. The van der Waals surface area contributed by atoms with Gasteiger partial charge in [0.05, 0.1) is 13.2 Å². The smallest absolute Gasteiger partial charge is 0.378 e. The number of rotatable bonds is 1. The van der Waals surface area contributed by atoms with E-state index in [-0.39, 0.29) is 5.82 Å². The van der Waals surface area contributed by atoms with E-state index in [1.54, 1.807) is 4.90 Å². The fraction of sp³-hybridized carbons (Fsp3) is 0.400. The van der Waals surface area contributed by atoms with Crippen molar-refractivity contribution in [2.45, 2.75) is 0 Å². The summed E-state index contributed by atoms with van der Waals surface area (Å²) < 4.78 is 18.9. The van der Waals surface area contributed by atoms with Crippen LogP contribution in [0.2, 0.25) is 0 Å². The summed E-state index contributed by atoms with van der Waals surface area (Å²) in [6, 6.07) is 2.43. The minimum absolute atomic E-state index is 0.376. The molecular formula is C10H12FN2O3+. The zero-order chi connectivity index (χ0) is 11.4. The van der Waals surface area contributed by atoms with E-state index < -0.39 is 6.09 Å². The summed E-state index contributed by atoms with van der Waals surface area (Å²) in [6.45, 7) is 2.06. The standard InChI is InChI=1S/C10H12FN2O3/c11-9-1-3-13(4-2-9)16-10(14)12-5-7-15-8-6-12/h1-4H,5-8H2/q+1. The van der Waals surface area contributed by atoms with E-state index in [1.165, 1.54) is 29.3 Å². The molecule has 0 radical (unpaired) electrons. The highest BCUT2D eigenvalue weighted by atomic mass is 19.1. The minimum atomic E-state index is -0.458. The highest BCUT2D eigenvalue weighted by Crippen LogP contribution is 1.97. The van der Waals surface area contributed by atoms with Gasteiger partial charge in [0.1, 0.15) is 5.82 Å². The Labute approximate surface area is 91.9 Å². The average Bonchev–Trinajstić information content (AvgIpc) is 2.33. The van der Waals surface area contributed by atoms with E-state index in [0.29, 0.717) is 26.3 Å². The molecule has 0 unspecified atom stereocenters. The fourth-order valence-electron chi connectivity index (χ4n) is 1.35. The molecule has 16 heavy (non-hydrogen) atoms. The first-order valence-corrected chi connectivity index (χ1v) is 4.97. The van der Waals surface area contributed by atoms with Crippen LogP contribution in [0, 0.1) is 5.82 Å². The Balaban J connectivity index is 1.93. The summed E-state index contributed by atoms with van der Waals surface area (Å²) in [5.41, 5.74) is 0. The summed E-state index contributed by atoms with van der Waals surface area (Å²) >= 11 is 0. The van der Waals surface area contributed by atoms with Gasteiger partial charge in [-0.1, -0.05) is 0 Å². The van der Waals surface area contributed by atoms with Crippen molar-refractivity contribution >= 4 is 6.09 Å². The van der Waals surface area contributed by atoms with Crippen LogP contribution < -0.4 is 9.57 Å². The van der Waals surface area contributed by atoms with Crippen molar-refractivity contribution in [1.82, 2.24) is 4.90 Å². The second-order valence-electron chi connectivity index (χ2n) is 3.33. The Kier molecular flexibility index (Phi) is 3.31. The van der Waals surface area contributed by atoms with Crippen LogP contribution in [0.5, 0.6) is 0 Å². The number of carbonyl (C=O) groups excluding carboxylic acids is 1. The lowest BCUT2D eigenvalue weighted by molar-refractivity contribution is -0.869. The first-order valence-electron chi connectivity index (χ1n) is 4.97. The van der Waals surface area contributed by atoms with Gasteiger partial charge in [-0.25, -0.2) is 9.18 Å². The van der Waals surface area contributed by atoms with E-state index in [9.17, 15) is 9.18 Å². The van der Waals surface area contributed by atoms with Crippen LogP contribution in [0.25, 0.3) is 0 Å². The molecule has 1 aromatic rings. The van der Waals surface area contributed by atoms with Gasteiger partial charge in [0.25, 0.3) is 0 Å². The predicted octanol–water partition coefficient (Wildman–Crippen LogP) is -0.00600. The highest BCUT2D eigenvalue weighted by molar-refractivity contribution is 5.67.